The Bertz CT molecular complexity index is 646. The van der Waals surface area contributed by atoms with Crippen LogP contribution in [-0.2, 0) is 9.53 Å². The highest BCUT2D eigenvalue weighted by Gasteiger charge is 2.41. The normalized spacial score (nSPS) is 25.9. The molecule has 0 radical (unpaired) electrons. The van der Waals surface area contributed by atoms with Crippen molar-refractivity contribution in [3.05, 3.63) is 11.8 Å². The van der Waals surface area contributed by atoms with E-state index in [1.165, 1.54) is 0 Å². The maximum absolute atomic E-state index is 12.4. The van der Waals surface area contributed by atoms with Gasteiger partial charge in [-0.2, -0.15) is 4.98 Å². The summed E-state index contributed by atoms with van der Waals surface area (Å²) in [6, 6.07) is 2.00. The van der Waals surface area contributed by atoms with E-state index in [-0.39, 0.29) is 11.5 Å². The second kappa shape index (κ2) is 7.02. The Labute approximate surface area is 154 Å². The van der Waals surface area contributed by atoms with E-state index in [0.717, 1.165) is 76.4 Å². The molecule has 3 aliphatic rings. The summed E-state index contributed by atoms with van der Waals surface area (Å²) < 4.78 is 5.75. The van der Waals surface area contributed by atoms with Crippen LogP contribution < -0.4 is 10.6 Å². The molecule has 3 saturated heterocycles. The predicted octanol–water partition coefficient (Wildman–Crippen LogP) is 1.76. The highest BCUT2D eigenvalue weighted by atomic mass is 16.5. The number of carbonyl (C=O) groups excluding carboxylic acids is 1. The summed E-state index contributed by atoms with van der Waals surface area (Å²) in [6.45, 7) is 6.35. The topological polar surface area (TPSA) is 84.6 Å². The Kier molecular flexibility index (Phi) is 4.73. The number of hydrogen-bond acceptors (Lipinski definition) is 6. The van der Waals surface area contributed by atoms with Crippen molar-refractivity contribution >= 4 is 17.7 Å². The lowest BCUT2D eigenvalue weighted by Gasteiger charge is -2.48. The van der Waals surface area contributed by atoms with E-state index in [1.54, 1.807) is 0 Å². The first-order chi connectivity index (χ1) is 12.5. The molecular formula is C19H29N5O2. The summed E-state index contributed by atoms with van der Waals surface area (Å²) in [6.07, 6.45) is 6.30. The molecule has 142 valence electrons. The van der Waals surface area contributed by atoms with Crippen LogP contribution in [0.5, 0.6) is 0 Å². The molecule has 4 rings (SSSR count). The lowest BCUT2D eigenvalue weighted by atomic mass is 9.72. The summed E-state index contributed by atoms with van der Waals surface area (Å²) in [5, 5.41) is 0. The Morgan fingerprint density at radius 3 is 2.81 bits per heavy atom. The molecule has 1 atom stereocenters. The zero-order valence-corrected chi connectivity index (χ0v) is 15.6. The van der Waals surface area contributed by atoms with Crippen molar-refractivity contribution in [2.45, 2.75) is 51.6 Å². The summed E-state index contributed by atoms with van der Waals surface area (Å²) in [7, 11) is 0. The second-order valence-electron chi connectivity index (χ2n) is 8.12. The maximum atomic E-state index is 12.4. The fourth-order valence-electron chi connectivity index (χ4n) is 4.66. The van der Waals surface area contributed by atoms with E-state index in [0.29, 0.717) is 18.3 Å². The fourth-order valence-corrected chi connectivity index (χ4v) is 4.66. The van der Waals surface area contributed by atoms with Gasteiger partial charge >= 0.3 is 0 Å². The first kappa shape index (κ1) is 17.5. The van der Waals surface area contributed by atoms with Gasteiger partial charge in [0.05, 0.1) is 6.10 Å². The summed E-state index contributed by atoms with van der Waals surface area (Å²) in [5.74, 6) is 1.56. The number of nitrogens with zero attached hydrogens (tertiary/aromatic N) is 4. The van der Waals surface area contributed by atoms with Crippen molar-refractivity contribution in [1.82, 2.24) is 14.9 Å². The third-order valence-electron chi connectivity index (χ3n) is 6.20. The van der Waals surface area contributed by atoms with Crippen molar-refractivity contribution in [1.29, 1.82) is 0 Å². The Morgan fingerprint density at radius 1 is 1.31 bits per heavy atom. The molecule has 4 heterocycles. The number of anilines is 2. The van der Waals surface area contributed by atoms with Gasteiger partial charge < -0.3 is 20.3 Å². The number of rotatable bonds is 3. The van der Waals surface area contributed by atoms with Gasteiger partial charge in [-0.25, -0.2) is 4.98 Å². The van der Waals surface area contributed by atoms with Gasteiger partial charge in [-0.1, -0.05) is 0 Å². The van der Waals surface area contributed by atoms with E-state index in [1.807, 2.05) is 13.0 Å². The Morgan fingerprint density at radius 2 is 2.12 bits per heavy atom. The first-order valence-electron chi connectivity index (χ1n) is 9.79. The van der Waals surface area contributed by atoms with Crippen LogP contribution >= 0.6 is 0 Å². The fraction of sp³-hybridized carbons (Fsp3) is 0.737. The van der Waals surface area contributed by atoms with Gasteiger partial charge in [0.25, 0.3) is 0 Å². The average Bonchev–Trinajstić information content (AvgIpc) is 3.11. The molecule has 1 amide bonds. The monoisotopic (exact) mass is 359 g/mol. The number of nitrogen functional groups attached to an aromatic ring is 1. The molecule has 7 nitrogen and oxygen atoms in total. The third kappa shape index (κ3) is 3.63. The standard InChI is InChI=1S/C19H29N5O2/c1-14-11-16(22-18(20)21-14)23-8-6-19(7-9-23)5-4-17(25)24(13-19)12-15-3-2-10-26-15/h11,15H,2-10,12-13H2,1H3,(H2,20,21,22). The molecule has 7 heteroatoms. The SMILES string of the molecule is Cc1cc(N2CCC3(CCC(=O)N(CC4CCCO4)C3)CC2)nc(N)n1. The molecule has 0 aromatic carbocycles. The van der Waals surface area contributed by atoms with Crippen LogP contribution in [0, 0.1) is 12.3 Å². The highest BCUT2D eigenvalue weighted by molar-refractivity contribution is 5.77. The summed E-state index contributed by atoms with van der Waals surface area (Å²) in [5.41, 5.74) is 6.96. The lowest BCUT2D eigenvalue weighted by Crippen LogP contribution is -2.53. The lowest BCUT2D eigenvalue weighted by molar-refractivity contribution is -0.140. The molecule has 3 fully saturated rings. The van der Waals surface area contributed by atoms with Gasteiger partial charge in [-0.15, -0.1) is 0 Å². The van der Waals surface area contributed by atoms with Crippen molar-refractivity contribution < 1.29 is 9.53 Å². The molecular weight excluding hydrogens is 330 g/mol. The van der Waals surface area contributed by atoms with Crippen LogP contribution in [0.1, 0.15) is 44.2 Å². The molecule has 2 N–H and O–H groups in total. The van der Waals surface area contributed by atoms with E-state index in [2.05, 4.69) is 19.8 Å². The molecule has 0 bridgehead atoms. The average molecular weight is 359 g/mol. The number of ether oxygens (including phenoxy) is 1. The highest BCUT2D eigenvalue weighted by Crippen LogP contribution is 2.41. The minimum Gasteiger partial charge on any atom is -0.376 e. The summed E-state index contributed by atoms with van der Waals surface area (Å²) in [4.78, 5) is 25.3. The van der Waals surface area contributed by atoms with Crippen LogP contribution in [0.3, 0.4) is 0 Å². The largest absolute Gasteiger partial charge is 0.376 e. The number of amides is 1. The predicted molar refractivity (Wildman–Crippen MR) is 99.8 cm³/mol. The number of hydrogen-bond donors (Lipinski definition) is 1. The number of likely N-dealkylation sites (tertiary alicyclic amines) is 1. The van der Waals surface area contributed by atoms with E-state index in [4.69, 9.17) is 10.5 Å². The van der Waals surface area contributed by atoms with Crippen molar-refractivity contribution in [3.63, 3.8) is 0 Å². The second-order valence-corrected chi connectivity index (χ2v) is 8.12. The summed E-state index contributed by atoms with van der Waals surface area (Å²) >= 11 is 0. The number of piperidine rings is 2. The van der Waals surface area contributed by atoms with E-state index >= 15 is 0 Å². The smallest absolute Gasteiger partial charge is 0.222 e. The maximum Gasteiger partial charge on any atom is 0.222 e. The Hall–Kier alpha value is -1.89. The van der Waals surface area contributed by atoms with Gasteiger partial charge in [0.2, 0.25) is 11.9 Å². The minimum absolute atomic E-state index is 0.237. The van der Waals surface area contributed by atoms with Gasteiger partial charge in [-0.3, -0.25) is 4.79 Å². The van der Waals surface area contributed by atoms with Crippen LogP contribution in [0.15, 0.2) is 6.07 Å². The quantitative estimate of drug-likeness (QED) is 0.885. The molecule has 1 aromatic heterocycles. The number of aryl methyl sites for hydroxylation is 1. The van der Waals surface area contributed by atoms with Gasteiger partial charge in [0.15, 0.2) is 0 Å². The van der Waals surface area contributed by atoms with Crippen LogP contribution in [-0.4, -0.2) is 59.7 Å². The zero-order valence-electron chi connectivity index (χ0n) is 15.6. The first-order valence-corrected chi connectivity index (χ1v) is 9.79. The van der Waals surface area contributed by atoms with Crippen molar-refractivity contribution in [2.24, 2.45) is 5.41 Å². The van der Waals surface area contributed by atoms with E-state index < -0.39 is 0 Å². The number of aromatic nitrogens is 2. The molecule has 1 aromatic rings. The number of nitrogens with two attached hydrogens (primary N) is 1. The van der Waals surface area contributed by atoms with Gasteiger partial charge in [-0.05, 0) is 44.4 Å². The zero-order chi connectivity index (χ0) is 18.1. The number of carbonyl (C=O) groups is 1. The van der Waals surface area contributed by atoms with Crippen LogP contribution in [0.2, 0.25) is 0 Å². The Balaban J connectivity index is 1.39. The van der Waals surface area contributed by atoms with E-state index in [9.17, 15) is 4.79 Å². The van der Waals surface area contributed by atoms with Crippen LogP contribution in [0.4, 0.5) is 11.8 Å². The molecule has 1 unspecified atom stereocenters. The molecule has 0 saturated carbocycles. The van der Waals surface area contributed by atoms with Crippen molar-refractivity contribution in [3.8, 4) is 0 Å². The molecule has 1 spiro atoms. The molecule has 0 aliphatic carbocycles. The third-order valence-corrected chi connectivity index (χ3v) is 6.20. The van der Waals surface area contributed by atoms with Gasteiger partial charge in [0.1, 0.15) is 5.82 Å². The molecule has 3 aliphatic heterocycles. The molecule has 26 heavy (non-hydrogen) atoms. The van der Waals surface area contributed by atoms with Gasteiger partial charge in [0, 0.05) is 51.0 Å². The minimum atomic E-state index is 0.237. The van der Waals surface area contributed by atoms with Crippen molar-refractivity contribution in [2.75, 3.05) is 43.4 Å². The van der Waals surface area contributed by atoms with Crippen LogP contribution in [0.25, 0.3) is 0 Å².